The van der Waals surface area contributed by atoms with Crippen LogP contribution in [0.15, 0.2) is 47.8 Å². The topological polar surface area (TPSA) is 92.1 Å². The molecule has 0 radical (unpaired) electrons. The van der Waals surface area contributed by atoms with Crippen LogP contribution in [0.5, 0.6) is 0 Å². The summed E-state index contributed by atoms with van der Waals surface area (Å²) >= 11 is 0. The zero-order valence-electron chi connectivity index (χ0n) is 18.7. The van der Waals surface area contributed by atoms with Crippen LogP contribution in [0.25, 0.3) is 11.0 Å². The molecule has 3 rings (SSSR count). The van der Waals surface area contributed by atoms with E-state index in [1.807, 2.05) is 7.05 Å². The fourth-order valence-electron chi connectivity index (χ4n) is 3.74. The fourth-order valence-corrected chi connectivity index (χ4v) is 3.74. The number of benzene rings is 1. The lowest BCUT2D eigenvalue weighted by Crippen LogP contribution is -2.46. The van der Waals surface area contributed by atoms with Crippen molar-refractivity contribution in [2.24, 2.45) is 12.0 Å². The predicted molar refractivity (Wildman–Crippen MR) is 138 cm³/mol. The van der Waals surface area contributed by atoms with E-state index in [0.717, 1.165) is 42.2 Å². The van der Waals surface area contributed by atoms with E-state index in [9.17, 15) is 0 Å². The third-order valence-electron chi connectivity index (χ3n) is 5.80. The molecule has 0 unspecified atom stereocenters. The summed E-state index contributed by atoms with van der Waals surface area (Å²) in [5.41, 5.74) is 2.27. The molecule has 0 spiro atoms. The molecule has 0 atom stereocenters. The first kappa shape index (κ1) is 24.8. The molecule has 0 aliphatic rings. The lowest BCUT2D eigenvalue weighted by Gasteiger charge is -2.33. The Morgan fingerprint density at radius 1 is 1.06 bits per heavy atom. The van der Waals surface area contributed by atoms with Crippen LogP contribution in [0.1, 0.15) is 32.3 Å². The zero-order chi connectivity index (χ0) is 21.4. The molecular weight excluding hydrogens is 503 g/mol. The van der Waals surface area contributed by atoms with E-state index in [4.69, 9.17) is 0 Å². The molecule has 8 nitrogen and oxygen atoms in total. The molecule has 9 heteroatoms. The van der Waals surface area contributed by atoms with E-state index in [1.165, 1.54) is 5.56 Å². The van der Waals surface area contributed by atoms with E-state index in [-0.39, 0.29) is 29.4 Å². The molecule has 0 bridgehead atoms. The highest BCUT2D eigenvalue weighted by molar-refractivity contribution is 14.0. The Kier molecular flexibility index (Phi) is 9.47. The number of nitrogens with one attached hydrogen (secondary N) is 3. The average molecular weight is 536 g/mol. The van der Waals surface area contributed by atoms with E-state index in [1.54, 1.807) is 24.3 Å². The van der Waals surface area contributed by atoms with E-state index < -0.39 is 0 Å². The third-order valence-corrected chi connectivity index (χ3v) is 5.80. The highest BCUT2D eigenvalue weighted by Gasteiger charge is 2.28. The van der Waals surface area contributed by atoms with Gasteiger partial charge in [0.1, 0.15) is 12.1 Å². The standard InChI is InChI=1S/C22H32N8.HI/c1-5-22(6-2,17-10-8-7-9-11-17)15-26-21(23-3)25-13-12-24-19-18-14-29-30(4)20(18)28-16-27-19;/h7-11,14,16H,5-6,12-13,15H2,1-4H3,(H2,23,25,26)(H,24,27,28);1H. The van der Waals surface area contributed by atoms with Crippen LogP contribution in [-0.2, 0) is 12.5 Å². The summed E-state index contributed by atoms with van der Waals surface area (Å²) in [4.78, 5) is 13.0. The molecule has 2 heterocycles. The minimum Gasteiger partial charge on any atom is -0.368 e. The number of aliphatic imine (C=N–C) groups is 1. The average Bonchev–Trinajstić information content (AvgIpc) is 3.18. The maximum atomic E-state index is 4.38. The van der Waals surface area contributed by atoms with Crippen LogP contribution in [-0.4, -0.2) is 52.4 Å². The van der Waals surface area contributed by atoms with Crippen molar-refractivity contribution in [2.45, 2.75) is 32.1 Å². The summed E-state index contributed by atoms with van der Waals surface area (Å²) in [6, 6.07) is 10.7. The lowest BCUT2D eigenvalue weighted by atomic mass is 9.76. The number of hydrogen-bond donors (Lipinski definition) is 3. The smallest absolute Gasteiger partial charge is 0.191 e. The first-order valence-electron chi connectivity index (χ1n) is 10.5. The molecule has 0 saturated heterocycles. The Morgan fingerprint density at radius 3 is 2.48 bits per heavy atom. The van der Waals surface area contributed by atoms with Crippen LogP contribution < -0.4 is 16.0 Å². The Balaban J connectivity index is 0.00000341. The van der Waals surface area contributed by atoms with Gasteiger partial charge in [-0.3, -0.25) is 9.67 Å². The minimum atomic E-state index is 0. The molecule has 168 valence electrons. The van der Waals surface area contributed by atoms with Crippen molar-refractivity contribution in [3.63, 3.8) is 0 Å². The second kappa shape index (κ2) is 11.8. The molecule has 3 N–H and O–H groups in total. The number of aryl methyl sites for hydroxylation is 1. The van der Waals surface area contributed by atoms with Gasteiger partial charge < -0.3 is 16.0 Å². The molecule has 3 aromatic rings. The maximum absolute atomic E-state index is 4.38. The Hall–Kier alpha value is -2.43. The first-order chi connectivity index (χ1) is 14.6. The normalized spacial score (nSPS) is 11.8. The summed E-state index contributed by atoms with van der Waals surface area (Å²) in [5, 5.41) is 15.4. The summed E-state index contributed by atoms with van der Waals surface area (Å²) in [6.07, 6.45) is 5.46. The van der Waals surface area contributed by atoms with Crippen molar-refractivity contribution in [1.82, 2.24) is 30.4 Å². The SMILES string of the molecule is CCC(CC)(CNC(=NC)NCCNc1ncnc2c1cnn2C)c1ccccc1.I. The number of nitrogens with zero attached hydrogens (tertiary/aromatic N) is 5. The van der Waals surface area contributed by atoms with Crippen LogP contribution >= 0.6 is 24.0 Å². The zero-order valence-corrected chi connectivity index (χ0v) is 21.1. The molecule has 0 amide bonds. The predicted octanol–water partition coefficient (Wildman–Crippen LogP) is 3.32. The molecule has 0 aliphatic carbocycles. The van der Waals surface area contributed by atoms with Gasteiger partial charge in [-0.2, -0.15) is 5.10 Å². The molecule has 0 aliphatic heterocycles. The van der Waals surface area contributed by atoms with Crippen LogP contribution in [0.2, 0.25) is 0 Å². The van der Waals surface area contributed by atoms with Gasteiger partial charge >= 0.3 is 0 Å². The van der Waals surface area contributed by atoms with Gasteiger partial charge in [0.25, 0.3) is 0 Å². The molecular formula is C22H33IN8. The second-order valence-corrected chi connectivity index (χ2v) is 7.36. The van der Waals surface area contributed by atoms with Gasteiger partial charge in [0.15, 0.2) is 11.6 Å². The van der Waals surface area contributed by atoms with Crippen LogP contribution in [0.4, 0.5) is 5.82 Å². The van der Waals surface area contributed by atoms with Crippen molar-refractivity contribution < 1.29 is 0 Å². The van der Waals surface area contributed by atoms with Gasteiger partial charge in [0.2, 0.25) is 0 Å². The molecule has 2 aromatic heterocycles. The van der Waals surface area contributed by atoms with Crippen LogP contribution in [0.3, 0.4) is 0 Å². The number of anilines is 1. The van der Waals surface area contributed by atoms with Gasteiger partial charge in [0.05, 0.1) is 11.6 Å². The van der Waals surface area contributed by atoms with Crippen molar-refractivity contribution in [3.8, 4) is 0 Å². The van der Waals surface area contributed by atoms with Crippen LogP contribution in [0, 0.1) is 0 Å². The van der Waals surface area contributed by atoms with Gasteiger partial charge in [-0.25, -0.2) is 9.97 Å². The molecule has 1 aromatic carbocycles. The highest BCUT2D eigenvalue weighted by atomic mass is 127. The summed E-state index contributed by atoms with van der Waals surface area (Å²) in [5.74, 6) is 1.59. The first-order valence-corrected chi connectivity index (χ1v) is 10.5. The van der Waals surface area contributed by atoms with Gasteiger partial charge in [-0.15, -0.1) is 24.0 Å². The van der Waals surface area contributed by atoms with E-state index in [0.29, 0.717) is 13.1 Å². The largest absolute Gasteiger partial charge is 0.368 e. The molecule has 31 heavy (non-hydrogen) atoms. The number of aromatic nitrogens is 4. The summed E-state index contributed by atoms with van der Waals surface area (Å²) in [7, 11) is 3.67. The molecule has 0 saturated carbocycles. The Morgan fingerprint density at radius 2 is 1.81 bits per heavy atom. The van der Waals surface area contributed by atoms with Gasteiger partial charge in [-0.1, -0.05) is 44.2 Å². The summed E-state index contributed by atoms with van der Waals surface area (Å²) < 4.78 is 1.74. The Labute approximate surface area is 201 Å². The van der Waals surface area contributed by atoms with Crippen molar-refractivity contribution in [1.29, 1.82) is 0 Å². The number of rotatable bonds is 9. The number of hydrogen-bond acceptors (Lipinski definition) is 5. The summed E-state index contributed by atoms with van der Waals surface area (Å²) in [6.45, 7) is 6.74. The van der Waals surface area contributed by atoms with Crippen molar-refractivity contribution >= 4 is 46.8 Å². The fraction of sp³-hybridized carbons (Fsp3) is 0.455. The highest BCUT2D eigenvalue weighted by Crippen LogP contribution is 2.30. The number of guanidine groups is 1. The maximum Gasteiger partial charge on any atom is 0.191 e. The van der Waals surface area contributed by atoms with E-state index >= 15 is 0 Å². The third kappa shape index (κ3) is 5.84. The van der Waals surface area contributed by atoms with Gasteiger partial charge in [0, 0.05) is 39.1 Å². The van der Waals surface area contributed by atoms with E-state index in [2.05, 4.69) is 80.2 Å². The minimum absolute atomic E-state index is 0. The van der Waals surface area contributed by atoms with Gasteiger partial charge in [-0.05, 0) is 18.4 Å². The van der Waals surface area contributed by atoms with Crippen molar-refractivity contribution in [3.05, 3.63) is 48.4 Å². The number of halogens is 1. The Bertz CT molecular complexity index is 966. The number of fused-ring (bicyclic) bond motifs is 1. The quantitative estimate of drug-likeness (QED) is 0.168. The lowest BCUT2D eigenvalue weighted by molar-refractivity contribution is 0.389. The second-order valence-electron chi connectivity index (χ2n) is 7.36. The monoisotopic (exact) mass is 536 g/mol. The molecule has 0 fully saturated rings. The van der Waals surface area contributed by atoms with Crippen molar-refractivity contribution in [2.75, 3.05) is 32.0 Å².